The van der Waals surface area contributed by atoms with Gasteiger partial charge in [-0.05, 0) is 109 Å². The van der Waals surface area contributed by atoms with E-state index in [1.165, 1.54) is 22.3 Å². The molecular weight excluding hydrogens is 508 g/mol. The summed E-state index contributed by atoms with van der Waals surface area (Å²) in [6.07, 6.45) is 0. The van der Waals surface area contributed by atoms with E-state index in [0.29, 0.717) is 22.6 Å². The highest BCUT2D eigenvalue weighted by atomic mass is 16.5. The third-order valence-electron chi connectivity index (χ3n) is 7.91. The van der Waals surface area contributed by atoms with Crippen molar-refractivity contribution in [1.29, 1.82) is 0 Å². The van der Waals surface area contributed by atoms with Crippen LogP contribution in [0.3, 0.4) is 0 Å². The SMILES string of the molecule is C=C(C)C(=O)Oc1cc(C)c(C2(c3cc(C)c(OC(=O)C(=C)C)cc3C)c3ccccc3-c3ccccc32)cc1C. The molecule has 0 bridgehead atoms. The predicted molar refractivity (Wildman–Crippen MR) is 164 cm³/mol. The van der Waals surface area contributed by atoms with Gasteiger partial charge in [0.1, 0.15) is 11.5 Å². The first-order valence-electron chi connectivity index (χ1n) is 13.6. The van der Waals surface area contributed by atoms with Gasteiger partial charge in [-0.1, -0.05) is 73.8 Å². The van der Waals surface area contributed by atoms with E-state index in [9.17, 15) is 9.59 Å². The molecule has 0 unspecified atom stereocenters. The van der Waals surface area contributed by atoms with Gasteiger partial charge in [0.2, 0.25) is 0 Å². The third-order valence-corrected chi connectivity index (χ3v) is 7.91. The Morgan fingerprint density at radius 1 is 0.561 bits per heavy atom. The zero-order valence-electron chi connectivity index (χ0n) is 24.5. The van der Waals surface area contributed by atoms with Crippen molar-refractivity contribution in [3.8, 4) is 22.6 Å². The Kier molecular flexibility index (Phi) is 7.04. The van der Waals surface area contributed by atoms with Crippen LogP contribution in [0.25, 0.3) is 11.1 Å². The summed E-state index contributed by atoms with van der Waals surface area (Å²) >= 11 is 0. The topological polar surface area (TPSA) is 52.6 Å². The van der Waals surface area contributed by atoms with Crippen molar-refractivity contribution in [1.82, 2.24) is 0 Å². The second kappa shape index (κ2) is 10.4. The molecule has 0 aliphatic heterocycles. The number of ether oxygens (including phenoxy) is 2. The van der Waals surface area contributed by atoms with Gasteiger partial charge < -0.3 is 9.47 Å². The maximum atomic E-state index is 12.4. The van der Waals surface area contributed by atoms with E-state index < -0.39 is 17.4 Å². The number of aryl methyl sites for hydroxylation is 4. The molecule has 0 saturated carbocycles. The Labute approximate surface area is 242 Å². The largest absolute Gasteiger partial charge is 0.423 e. The molecule has 4 nitrogen and oxygen atoms in total. The van der Waals surface area contributed by atoms with Crippen molar-refractivity contribution in [2.45, 2.75) is 47.0 Å². The summed E-state index contributed by atoms with van der Waals surface area (Å²) in [5.74, 6) is 0.142. The molecule has 0 aromatic heterocycles. The molecule has 0 spiro atoms. The van der Waals surface area contributed by atoms with Gasteiger partial charge in [0.15, 0.2) is 0 Å². The van der Waals surface area contributed by atoms with Crippen molar-refractivity contribution in [3.63, 3.8) is 0 Å². The van der Waals surface area contributed by atoms with E-state index >= 15 is 0 Å². The Balaban J connectivity index is 1.84. The highest BCUT2D eigenvalue weighted by Gasteiger charge is 2.47. The minimum Gasteiger partial charge on any atom is -0.423 e. The normalized spacial score (nSPS) is 12.7. The number of hydrogen-bond acceptors (Lipinski definition) is 4. The van der Waals surface area contributed by atoms with Gasteiger partial charge in [0.05, 0.1) is 5.41 Å². The van der Waals surface area contributed by atoms with Crippen LogP contribution in [0.5, 0.6) is 11.5 Å². The fraction of sp³-hybridized carbons (Fsp3) is 0.189. The molecule has 0 heterocycles. The van der Waals surface area contributed by atoms with Gasteiger partial charge >= 0.3 is 11.9 Å². The summed E-state index contributed by atoms with van der Waals surface area (Å²) < 4.78 is 11.4. The lowest BCUT2D eigenvalue weighted by Gasteiger charge is -2.37. The maximum absolute atomic E-state index is 12.4. The van der Waals surface area contributed by atoms with Gasteiger partial charge in [0.25, 0.3) is 0 Å². The highest BCUT2D eigenvalue weighted by molar-refractivity contribution is 5.90. The second-order valence-corrected chi connectivity index (χ2v) is 11.0. The lowest BCUT2D eigenvalue weighted by atomic mass is 9.65. The Morgan fingerprint density at radius 3 is 1.29 bits per heavy atom. The van der Waals surface area contributed by atoms with Crippen LogP contribution in [0.4, 0.5) is 0 Å². The van der Waals surface area contributed by atoms with Crippen molar-refractivity contribution in [3.05, 3.63) is 142 Å². The van der Waals surface area contributed by atoms with Crippen LogP contribution in [0.15, 0.2) is 97.1 Å². The van der Waals surface area contributed by atoms with Crippen LogP contribution in [-0.2, 0) is 15.0 Å². The summed E-state index contributed by atoms with van der Waals surface area (Å²) in [7, 11) is 0. The number of rotatable bonds is 6. The first kappa shape index (κ1) is 27.9. The Hall–Kier alpha value is -4.70. The molecule has 0 fully saturated rings. The van der Waals surface area contributed by atoms with Crippen LogP contribution in [0.2, 0.25) is 0 Å². The van der Waals surface area contributed by atoms with E-state index in [1.807, 2.05) is 26.0 Å². The van der Waals surface area contributed by atoms with E-state index in [4.69, 9.17) is 9.47 Å². The maximum Gasteiger partial charge on any atom is 0.338 e. The van der Waals surface area contributed by atoms with Crippen LogP contribution >= 0.6 is 0 Å². The van der Waals surface area contributed by atoms with E-state index in [-0.39, 0.29) is 0 Å². The summed E-state index contributed by atoms with van der Waals surface area (Å²) in [5, 5.41) is 0. The summed E-state index contributed by atoms with van der Waals surface area (Å²) in [6.45, 7) is 18.8. The fourth-order valence-electron chi connectivity index (χ4n) is 5.94. The Morgan fingerprint density at radius 2 is 0.927 bits per heavy atom. The number of benzene rings is 4. The van der Waals surface area contributed by atoms with Gasteiger partial charge in [0, 0.05) is 11.1 Å². The van der Waals surface area contributed by atoms with Crippen LogP contribution in [-0.4, -0.2) is 11.9 Å². The molecule has 4 aromatic rings. The average Bonchev–Trinajstić information content (AvgIpc) is 3.23. The number of carbonyl (C=O) groups excluding carboxylic acids is 2. The van der Waals surface area contributed by atoms with Gasteiger partial charge in [-0.2, -0.15) is 0 Å². The van der Waals surface area contributed by atoms with Gasteiger partial charge in [-0.25, -0.2) is 9.59 Å². The first-order chi connectivity index (χ1) is 19.5. The molecule has 0 amide bonds. The van der Waals surface area contributed by atoms with Crippen LogP contribution in [0, 0.1) is 27.7 Å². The van der Waals surface area contributed by atoms with Crippen molar-refractivity contribution in [2.24, 2.45) is 0 Å². The lowest BCUT2D eigenvalue weighted by Crippen LogP contribution is -2.31. The number of hydrogen-bond donors (Lipinski definition) is 0. The van der Waals surface area contributed by atoms with E-state index in [2.05, 4.69) is 87.7 Å². The van der Waals surface area contributed by atoms with Crippen molar-refractivity contribution < 1.29 is 19.1 Å². The molecule has 0 N–H and O–H groups in total. The third kappa shape index (κ3) is 4.50. The standard InChI is InChI=1S/C37H34O4/c1-21(2)35(38)40-33-19-23(5)31(17-25(33)7)37(29-15-11-9-13-27(29)28-14-10-12-16-30(28)37)32-18-26(8)34(20-24(32)6)41-36(39)22(3)4/h9-20H,1,3H2,2,4-8H3. The molecular formula is C37H34O4. The molecule has 4 aromatic carbocycles. The minimum absolute atomic E-state index is 0.347. The van der Waals surface area contributed by atoms with Crippen molar-refractivity contribution in [2.75, 3.05) is 0 Å². The molecule has 206 valence electrons. The molecule has 1 aliphatic carbocycles. The molecule has 0 saturated heterocycles. The van der Waals surface area contributed by atoms with Crippen molar-refractivity contribution >= 4 is 11.9 Å². The monoisotopic (exact) mass is 542 g/mol. The number of fused-ring (bicyclic) bond motifs is 3. The average molecular weight is 543 g/mol. The molecule has 0 radical (unpaired) electrons. The summed E-state index contributed by atoms with van der Waals surface area (Å²) in [5.41, 5.74) is 10.6. The number of esters is 2. The quantitative estimate of drug-likeness (QED) is 0.123. The lowest BCUT2D eigenvalue weighted by molar-refractivity contribution is -0.131. The zero-order chi connectivity index (χ0) is 29.6. The number of carbonyl (C=O) groups is 2. The second-order valence-electron chi connectivity index (χ2n) is 11.0. The molecule has 5 rings (SSSR count). The summed E-state index contributed by atoms with van der Waals surface area (Å²) in [6, 6.07) is 25.2. The molecule has 0 atom stereocenters. The smallest absolute Gasteiger partial charge is 0.338 e. The zero-order valence-corrected chi connectivity index (χ0v) is 24.5. The first-order valence-corrected chi connectivity index (χ1v) is 13.6. The fourth-order valence-corrected chi connectivity index (χ4v) is 5.94. The minimum atomic E-state index is -0.662. The van der Waals surface area contributed by atoms with Crippen LogP contribution in [0.1, 0.15) is 58.4 Å². The predicted octanol–water partition coefficient (Wildman–Crippen LogP) is 8.25. The Bertz CT molecular complexity index is 1640. The highest BCUT2D eigenvalue weighted by Crippen LogP contribution is 2.58. The molecule has 41 heavy (non-hydrogen) atoms. The van der Waals surface area contributed by atoms with Gasteiger partial charge in [-0.3, -0.25) is 0 Å². The van der Waals surface area contributed by atoms with E-state index in [1.54, 1.807) is 13.8 Å². The van der Waals surface area contributed by atoms with Crippen LogP contribution < -0.4 is 9.47 Å². The molecule has 1 aliphatic rings. The van der Waals surface area contributed by atoms with E-state index in [0.717, 1.165) is 33.4 Å². The van der Waals surface area contributed by atoms with Gasteiger partial charge in [-0.15, -0.1) is 0 Å². The molecule has 4 heteroatoms. The summed E-state index contributed by atoms with van der Waals surface area (Å²) in [4.78, 5) is 24.8.